The molecule has 1 heterocycles. The van der Waals surface area contributed by atoms with Crippen LogP contribution < -0.4 is 21.2 Å². The zero-order valence-corrected chi connectivity index (χ0v) is 12.7. The summed E-state index contributed by atoms with van der Waals surface area (Å²) in [5.41, 5.74) is 10.7. The molecule has 7 heteroatoms. The lowest BCUT2D eigenvalue weighted by atomic mass is 10.2. The molecule has 0 atom stereocenters. The monoisotopic (exact) mass is 300 g/mol. The van der Waals surface area contributed by atoms with Crippen LogP contribution in [0.4, 0.5) is 11.6 Å². The first kappa shape index (κ1) is 15.7. The highest BCUT2D eigenvalue weighted by molar-refractivity contribution is 5.80. The van der Waals surface area contributed by atoms with Crippen molar-refractivity contribution in [2.24, 2.45) is 5.10 Å². The molecule has 0 unspecified atom stereocenters. The van der Waals surface area contributed by atoms with Crippen molar-refractivity contribution in [2.75, 3.05) is 31.4 Å². The lowest BCUT2D eigenvalue weighted by molar-refractivity contribution is 0.294. The number of likely N-dealkylation sites (N-methyl/N-ethyl adjacent to an activating group) is 1. The van der Waals surface area contributed by atoms with Gasteiger partial charge in [-0.25, -0.2) is 0 Å². The number of aryl methyl sites for hydroxylation is 1. The first-order valence-electron chi connectivity index (χ1n) is 6.95. The van der Waals surface area contributed by atoms with Crippen molar-refractivity contribution in [3.8, 4) is 6.01 Å². The minimum Gasteiger partial charge on any atom is -0.462 e. The number of anilines is 2. The average molecular weight is 300 g/mol. The Morgan fingerprint density at radius 1 is 1.32 bits per heavy atom. The number of nitrogen functional groups attached to an aromatic ring is 1. The minimum atomic E-state index is 0.225. The summed E-state index contributed by atoms with van der Waals surface area (Å²) in [5.74, 6) is 0.804. The van der Waals surface area contributed by atoms with Gasteiger partial charge in [0, 0.05) is 12.6 Å². The Kier molecular flexibility index (Phi) is 5.67. The molecule has 2 aromatic rings. The van der Waals surface area contributed by atoms with Gasteiger partial charge in [0.1, 0.15) is 12.4 Å². The molecule has 116 valence electrons. The molecular weight excluding hydrogens is 280 g/mol. The van der Waals surface area contributed by atoms with Crippen molar-refractivity contribution >= 4 is 17.9 Å². The molecule has 0 radical (unpaired) electrons. The smallest absolute Gasteiger partial charge is 0.320 e. The number of hydrogen-bond donors (Lipinski definition) is 3. The average Bonchev–Trinajstić information content (AvgIpc) is 2.47. The van der Waals surface area contributed by atoms with Crippen LogP contribution in [0.3, 0.4) is 0 Å². The molecule has 0 spiro atoms. The zero-order chi connectivity index (χ0) is 15.8. The highest BCUT2D eigenvalue weighted by Gasteiger charge is 2.03. The van der Waals surface area contributed by atoms with E-state index in [1.807, 2.05) is 38.2 Å². The predicted octanol–water partition coefficient (Wildman–Crippen LogP) is 1.41. The molecule has 0 aliphatic rings. The second kappa shape index (κ2) is 7.94. The fraction of sp³-hybridized carbons (Fsp3) is 0.267. The molecule has 1 aromatic carbocycles. The maximum atomic E-state index is 5.73. The van der Waals surface area contributed by atoms with Gasteiger partial charge >= 0.3 is 6.01 Å². The Labute approximate surface area is 129 Å². The van der Waals surface area contributed by atoms with E-state index in [0.29, 0.717) is 24.8 Å². The summed E-state index contributed by atoms with van der Waals surface area (Å²) in [6, 6.07) is 9.84. The number of aromatic nitrogens is 2. The second-order valence-corrected chi connectivity index (χ2v) is 4.70. The molecule has 0 fully saturated rings. The number of nitrogens with one attached hydrogen (secondary N) is 2. The number of nitrogens with two attached hydrogens (primary N) is 1. The molecule has 0 aliphatic carbocycles. The summed E-state index contributed by atoms with van der Waals surface area (Å²) in [6.07, 6.45) is 1.72. The van der Waals surface area contributed by atoms with Crippen LogP contribution in [0, 0.1) is 6.92 Å². The minimum absolute atomic E-state index is 0.225. The first-order chi connectivity index (χ1) is 10.7. The second-order valence-electron chi connectivity index (χ2n) is 4.70. The van der Waals surface area contributed by atoms with Crippen molar-refractivity contribution in [1.29, 1.82) is 0 Å². The zero-order valence-electron chi connectivity index (χ0n) is 12.7. The van der Waals surface area contributed by atoms with Gasteiger partial charge < -0.3 is 15.8 Å². The van der Waals surface area contributed by atoms with Crippen LogP contribution in [0.2, 0.25) is 0 Å². The van der Waals surface area contributed by atoms with E-state index in [4.69, 9.17) is 10.5 Å². The van der Waals surface area contributed by atoms with Crippen LogP contribution in [0.25, 0.3) is 0 Å². The number of rotatable bonds is 7. The van der Waals surface area contributed by atoms with E-state index in [1.54, 1.807) is 12.3 Å². The SMILES string of the molecule is CNCCOc1nc(N)cc(N/N=C/c2cccc(C)c2)n1. The topological polar surface area (TPSA) is 97.5 Å². The summed E-state index contributed by atoms with van der Waals surface area (Å²) in [5, 5.41) is 7.12. The van der Waals surface area contributed by atoms with Crippen molar-refractivity contribution in [3.63, 3.8) is 0 Å². The normalized spacial score (nSPS) is 10.8. The molecule has 0 amide bonds. The Balaban J connectivity index is 1.99. The Morgan fingerprint density at radius 3 is 2.95 bits per heavy atom. The largest absolute Gasteiger partial charge is 0.462 e. The van der Waals surface area contributed by atoms with E-state index < -0.39 is 0 Å². The van der Waals surface area contributed by atoms with Crippen molar-refractivity contribution in [2.45, 2.75) is 6.92 Å². The third-order valence-corrected chi connectivity index (χ3v) is 2.74. The first-order valence-corrected chi connectivity index (χ1v) is 6.95. The molecule has 22 heavy (non-hydrogen) atoms. The van der Waals surface area contributed by atoms with Crippen LogP contribution in [0.1, 0.15) is 11.1 Å². The Hall–Kier alpha value is -2.67. The van der Waals surface area contributed by atoms with Gasteiger partial charge in [-0.1, -0.05) is 29.8 Å². The molecule has 0 aliphatic heterocycles. The number of hydrogen-bond acceptors (Lipinski definition) is 7. The summed E-state index contributed by atoms with van der Waals surface area (Å²) in [7, 11) is 1.84. The number of hydrazone groups is 1. The van der Waals surface area contributed by atoms with Gasteiger partial charge in [0.25, 0.3) is 0 Å². The molecule has 0 bridgehead atoms. The molecule has 4 N–H and O–H groups in total. The maximum absolute atomic E-state index is 5.73. The van der Waals surface area contributed by atoms with Gasteiger partial charge in [-0.05, 0) is 19.5 Å². The Morgan fingerprint density at radius 2 is 2.18 bits per heavy atom. The maximum Gasteiger partial charge on any atom is 0.320 e. The third kappa shape index (κ3) is 5.02. The van der Waals surface area contributed by atoms with E-state index in [0.717, 1.165) is 5.56 Å². The molecule has 0 saturated heterocycles. The molecule has 0 saturated carbocycles. The van der Waals surface area contributed by atoms with E-state index in [9.17, 15) is 0 Å². The van der Waals surface area contributed by atoms with Crippen LogP contribution in [-0.2, 0) is 0 Å². The van der Waals surface area contributed by atoms with Gasteiger partial charge in [0.05, 0.1) is 6.21 Å². The van der Waals surface area contributed by atoms with E-state index in [2.05, 4.69) is 25.8 Å². The van der Waals surface area contributed by atoms with Gasteiger partial charge in [0.15, 0.2) is 5.82 Å². The molecular formula is C15H20N6O. The van der Waals surface area contributed by atoms with E-state index >= 15 is 0 Å². The summed E-state index contributed by atoms with van der Waals surface area (Å²) in [4.78, 5) is 8.20. The lowest BCUT2D eigenvalue weighted by Crippen LogP contribution is -2.17. The summed E-state index contributed by atoms with van der Waals surface area (Å²) < 4.78 is 5.39. The lowest BCUT2D eigenvalue weighted by Gasteiger charge is -2.06. The molecule has 2 rings (SSSR count). The highest BCUT2D eigenvalue weighted by atomic mass is 16.5. The standard InChI is InChI=1S/C15H20N6O/c1-11-4-3-5-12(8-11)10-18-21-14-9-13(16)19-15(20-14)22-7-6-17-2/h3-5,8-10,17H,6-7H2,1-2H3,(H3,16,19,20,21)/b18-10+. The van der Waals surface area contributed by atoms with Crippen LogP contribution in [-0.4, -0.2) is 36.4 Å². The Bertz CT molecular complexity index is 644. The van der Waals surface area contributed by atoms with Crippen molar-refractivity contribution in [3.05, 3.63) is 41.5 Å². The molecule has 7 nitrogen and oxygen atoms in total. The fourth-order valence-corrected chi connectivity index (χ4v) is 1.73. The summed E-state index contributed by atoms with van der Waals surface area (Å²) in [6.45, 7) is 3.20. The van der Waals surface area contributed by atoms with Crippen LogP contribution in [0.15, 0.2) is 35.4 Å². The highest BCUT2D eigenvalue weighted by Crippen LogP contribution is 2.13. The number of ether oxygens (including phenoxy) is 1. The van der Waals surface area contributed by atoms with Crippen LogP contribution >= 0.6 is 0 Å². The van der Waals surface area contributed by atoms with E-state index in [1.165, 1.54) is 5.56 Å². The van der Waals surface area contributed by atoms with Crippen molar-refractivity contribution in [1.82, 2.24) is 15.3 Å². The third-order valence-electron chi connectivity index (χ3n) is 2.74. The van der Waals surface area contributed by atoms with Crippen LogP contribution in [0.5, 0.6) is 6.01 Å². The van der Waals surface area contributed by atoms with Gasteiger partial charge in [-0.3, -0.25) is 5.43 Å². The predicted molar refractivity (Wildman–Crippen MR) is 88.3 cm³/mol. The molecule has 1 aromatic heterocycles. The quantitative estimate of drug-likeness (QED) is 0.406. The van der Waals surface area contributed by atoms with E-state index in [-0.39, 0.29) is 6.01 Å². The van der Waals surface area contributed by atoms with Gasteiger partial charge in [0.2, 0.25) is 0 Å². The van der Waals surface area contributed by atoms with Gasteiger partial charge in [-0.15, -0.1) is 0 Å². The van der Waals surface area contributed by atoms with Gasteiger partial charge in [-0.2, -0.15) is 15.1 Å². The van der Waals surface area contributed by atoms with Crippen molar-refractivity contribution < 1.29 is 4.74 Å². The fourth-order valence-electron chi connectivity index (χ4n) is 1.73. The number of benzene rings is 1. The summed E-state index contributed by atoms with van der Waals surface area (Å²) >= 11 is 0. The number of nitrogens with zero attached hydrogens (tertiary/aromatic N) is 3.